The van der Waals surface area contributed by atoms with Crippen LogP contribution in [0.3, 0.4) is 0 Å². The van der Waals surface area contributed by atoms with E-state index in [1.807, 2.05) is 48.5 Å². The molecule has 0 radical (unpaired) electrons. The molecule has 4 rings (SSSR count). The molecule has 6 heteroatoms. The van der Waals surface area contributed by atoms with Crippen LogP contribution in [0.25, 0.3) is 16.5 Å². The molecule has 0 bridgehead atoms. The molecule has 0 aromatic heterocycles. The van der Waals surface area contributed by atoms with E-state index in [2.05, 4.69) is 13.8 Å². The minimum absolute atomic E-state index is 0.0878. The molecule has 1 N–H and O–H groups in total. The van der Waals surface area contributed by atoms with Crippen molar-refractivity contribution >= 4 is 28.2 Å². The van der Waals surface area contributed by atoms with Crippen molar-refractivity contribution in [3.8, 4) is 5.75 Å². The third kappa shape index (κ3) is 5.08. The lowest BCUT2D eigenvalue weighted by Gasteiger charge is -2.26. The molecule has 182 valence electrons. The fraction of sp³-hybridized carbons (Fsp3) is 0.310. The number of aliphatic hydroxyl groups is 1. The summed E-state index contributed by atoms with van der Waals surface area (Å²) in [5.74, 6) is -0.570. The van der Waals surface area contributed by atoms with Gasteiger partial charge in [0.2, 0.25) is 0 Å². The van der Waals surface area contributed by atoms with Crippen molar-refractivity contribution in [2.75, 3.05) is 26.9 Å². The molecule has 0 saturated carbocycles. The predicted molar refractivity (Wildman–Crippen MR) is 136 cm³/mol. The largest absolute Gasteiger partial charge is 0.507 e. The number of methoxy groups -OCH3 is 1. The quantitative estimate of drug-likeness (QED) is 0.197. The molecule has 1 unspecified atom stereocenters. The van der Waals surface area contributed by atoms with Crippen molar-refractivity contribution in [3.05, 3.63) is 83.4 Å². The zero-order valence-electron chi connectivity index (χ0n) is 20.4. The molecule has 1 atom stereocenters. The van der Waals surface area contributed by atoms with Crippen molar-refractivity contribution < 1.29 is 24.2 Å². The van der Waals surface area contributed by atoms with E-state index >= 15 is 0 Å². The van der Waals surface area contributed by atoms with Crippen LogP contribution in [0.5, 0.6) is 5.75 Å². The van der Waals surface area contributed by atoms with Gasteiger partial charge in [0.1, 0.15) is 11.5 Å². The molecule has 1 aliphatic heterocycles. The summed E-state index contributed by atoms with van der Waals surface area (Å²) >= 11 is 0. The highest BCUT2D eigenvalue weighted by Gasteiger charge is 2.46. The maximum atomic E-state index is 13.3. The first-order valence-corrected chi connectivity index (χ1v) is 11.9. The van der Waals surface area contributed by atoms with Crippen LogP contribution in [-0.2, 0) is 14.3 Å². The lowest BCUT2D eigenvalue weighted by Crippen LogP contribution is -2.31. The van der Waals surface area contributed by atoms with E-state index in [0.29, 0.717) is 43.4 Å². The smallest absolute Gasteiger partial charge is 0.295 e. The molecular weight excluding hydrogens is 442 g/mol. The number of nitrogens with zero attached hydrogens (tertiary/aromatic N) is 1. The average Bonchev–Trinajstić information content (AvgIpc) is 3.12. The summed E-state index contributed by atoms with van der Waals surface area (Å²) in [6.07, 6.45) is 0.573. The highest BCUT2D eigenvalue weighted by atomic mass is 16.5. The van der Waals surface area contributed by atoms with E-state index in [9.17, 15) is 14.7 Å². The second kappa shape index (κ2) is 10.7. The molecule has 35 heavy (non-hydrogen) atoms. The summed E-state index contributed by atoms with van der Waals surface area (Å²) < 4.78 is 11.0. The first-order chi connectivity index (χ1) is 16.9. The molecule has 1 amide bonds. The fourth-order valence-electron chi connectivity index (χ4n) is 4.45. The summed E-state index contributed by atoms with van der Waals surface area (Å²) in [5, 5.41) is 13.3. The van der Waals surface area contributed by atoms with Crippen LogP contribution in [0.15, 0.2) is 72.3 Å². The second-order valence-electron chi connectivity index (χ2n) is 9.14. The van der Waals surface area contributed by atoms with Gasteiger partial charge in [-0.15, -0.1) is 0 Å². The van der Waals surface area contributed by atoms with E-state index in [0.717, 1.165) is 16.3 Å². The number of hydrogen-bond donors (Lipinski definition) is 1. The van der Waals surface area contributed by atoms with Gasteiger partial charge in [0, 0.05) is 25.8 Å². The topological polar surface area (TPSA) is 76.1 Å². The van der Waals surface area contributed by atoms with Crippen molar-refractivity contribution in [2.45, 2.75) is 26.3 Å². The number of carbonyl (C=O) groups excluding carboxylic acids is 2. The minimum Gasteiger partial charge on any atom is -0.507 e. The Kier molecular flexibility index (Phi) is 7.51. The molecule has 1 heterocycles. The highest BCUT2D eigenvalue weighted by molar-refractivity contribution is 6.46. The van der Waals surface area contributed by atoms with Gasteiger partial charge in [0.25, 0.3) is 11.7 Å². The van der Waals surface area contributed by atoms with Crippen LogP contribution in [0.1, 0.15) is 37.4 Å². The highest BCUT2D eigenvalue weighted by Crippen LogP contribution is 2.42. The van der Waals surface area contributed by atoms with Gasteiger partial charge in [-0.1, -0.05) is 68.4 Å². The van der Waals surface area contributed by atoms with Crippen LogP contribution in [0.2, 0.25) is 0 Å². The maximum Gasteiger partial charge on any atom is 0.295 e. The molecule has 6 nitrogen and oxygen atoms in total. The van der Waals surface area contributed by atoms with Gasteiger partial charge in [-0.05, 0) is 40.8 Å². The Bertz CT molecular complexity index is 1260. The van der Waals surface area contributed by atoms with Crippen LogP contribution >= 0.6 is 0 Å². The summed E-state index contributed by atoms with van der Waals surface area (Å²) in [6.45, 7) is 5.43. The van der Waals surface area contributed by atoms with Gasteiger partial charge < -0.3 is 19.5 Å². The number of benzene rings is 3. The first kappa shape index (κ1) is 24.5. The third-order valence-electron chi connectivity index (χ3n) is 6.10. The number of hydrogen-bond acceptors (Lipinski definition) is 5. The number of ether oxygens (including phenoxy) is 2. The number of fused-ring (bicyclic) bond motifs is 1. The van der Waals surface area contributed by atoms with Crippen LogP contribution in [-0.4, -0.2) is 48.6 Å². The Morgan fingerprint density at radius 1 is 1.03 bits per heavy atom. The van der Waals surface area contributed by atoms with Crippen molar-refractivity contribution in [3.63, 3.8) is 0 Å². The normalized spacial score (nSPS) is 17.5. The second-order valence-corrected chi connectivity index (χ2v) is 9.14. The van der Waals surface area contributed by atoms with E-state index < -0.39 is 17.7 Å². The lowest BCUT2D eigenvalue weighted by atomic mass is 9.91. The SMILES string of the molecule is COCCCN1C(=O)C(=O)/C(=C(\O)c2cccc(OCC(C)C)c2)C1c1cccc2ccccc12. The summed E-state index contributed by atoms with van der Waals surface area (Å²) in [4.78, 5) is 28.0. The Morgan fingerprint density at radius 3 is 2.54 bits per heavy atom. The Labute approximate surface area is 205 Å². The molecule has 1 fully saturated rings. The van der Waals surface area contributed by atoms with Gasteiger partial charge in [-0.2, -0.15) is 0 Å². The van der Waals surface area contributed by atoms with Gasteiger partial charge in [0.15, 0.2) is 0 Å². The average molecular weight is 474 g/mol. The zero-order valence-corrected chi connectivity index (χ0v) is 20.4. The molecule has 0 aliphatic carbocycles. The molecule has 0 spiro atoms. The van der Waals surface area contributed by atoms with Gasteiger partial charge >= 0.3 is 0 Å². The van der Waals surface area contributed by atoms with Crippen molar-refractivity contribution in [1.29, 1.82) is 0 Å². The predicted octanol–water partition coefficient (Wildman–Crippen LogP) is 5.33. The van der Waals surface area contributed by atoms with E-state index in [1.54, 1.807) is 30.2 Å². The molecular formula is C29H31NO5. The molecule has 3 aromatic rings. The van der Waals surface area contributed by atoms with E-state index in [4.69, 9.17) is 9.47 Å². The summed E-state index contributed by atoms with van der Waals surface area (Å²) in [5.41, 5.74) is 1.32. The molecule has 1 aliphatic rings. The number of amides is 1. The van der Waals surface area contributed by atoms with Crippen LogP contribution in [0.4, 0.5) is 0 Å². The maximum absolute atomic E-state index is 13.3. The first-order valence-electron chi connectivity index (χ1n) is 11.9. The number of likely N-dealkylation sites (tertiary alicyclic amines) is 1. The Balaban J connectivity index is 1.85. The standard InChI is InChI=1S/C29H31NO5/c1-19(2)18-35-22-12-6-11-21(17-22)27(31)25-26(30(15-8-16-34-3)29(33)28(25)32)24-14-7-10-20-9-4-5-13-23(20)24/h4-7,9-14,17,19,26,31H,8,15-16,18H2,1-3H3/b27-25-. The van der Waals surface area contributed by atoms with Gasteiger partial charge in [-0.3, -0.25) is 9.59 Å². The van der Waals surface area contributed by atoms with Crippen molar-refractivity contribution in [2.24, 2.45) is 5.92 Å². The number of carbonyl (C=O) groups is 2. The zero-order chi connectivity index (χ0) is 24.9. The monoisotopic (exact) mass is 473 g/mol. The number of aliphatic hydroxyl groups excluding tert-OH is 1. The molecule has 1 saturated heterocycles. The van der Waals surface area contributed by atoms with Crippen molar-refractivity contribution in [1.82, 2.24) is 4.90 Å². The number of ketones is 1. The van der Waals surface area contributed by atoms with Gasteiger partial charge in [0.05, 0.1) is 18.2 Å². The Hall–Kier alpha value is -3.64. The summed E-state index contributed by atoms with van der Waals surface area (Å²) in [6, 6.07) is 20.0. The van der Waals surface area contributed by atoms with Gasteiger partial charge in [-0.25, -0.2) is 0 Å². The van der Waals surface area contributed by atoms with E-state index in [-0.39, 0.29) is 11.3 Å². The Morgan fingerprint density at radius 2 is 1.77 bits per heavy atom. The number of Topliss-reactive ketones (excluding diaryl/α,β-unsaturated/α-hetero) is 1. The van der Waals surface area contributed by atoms with Crippen LogP contribution < -0.4 is 4.74 Å². The fourth-order valence-corrected chi connectivity index (χ4v) is 4.45. The summed E-state index contributed by atoms with van der Waals surface area (Å²) in [7, 11) is 1.60. The van der Waals surface area contributed by atoms with Crippen LogP contribution in [0, 0.1) is 5.92 Å². The van der Waals surface area contributed by atoms with E-state index in [1.165, 1.54) is 0 Å². The molecule has 3 aromatic carbocycles. The number of rotatable bonds is 9. The lowest BCUT2D eigenvalue weighted by molar-refractivity contribution is -0.140. The minimum atomic E-state index is -0.710. The third-order valence-corrected chi connectivity index (χ3v) is 6.10.